The average molecular weight is 273 g/mol. The molecule has 1 atom stereocenters. The van der Waals surface area contributed by atoms with E-state index in [1.54, 1.807) is 12.1 Å². The monoisotopic (exact) mass is 272 g/mol. The van der Waals surface area contributed by atoms with Crippen LogP contribution >= 0.6 is 11.6 Å². The Morgan fingerprint density at radius 3 is 2.61 bits per heavy atom. The number of halogens is 2. The van der Waals surface area contributed by atoms with Crippen molar-refractivity contribution in [2.24, 2.45) is 5.84 Å². The van der Waals surface area contributed by atoms with Crippen molar-refractivity contribution in [1.82, 2.24) is 5.43 Å². The molecule has 0 saturated heterocycles. The fraction of sp³-hybridized carbons (Fsp3) is 0.571. The maximum absolute atomic E-state index is 13.1. The molecule has 102 valence electrons. The molecule has 0 aliphatic carbocycles. The van der Waals surface area contributed by atoms with E-state index in [0.717, 1.165) is 18.4 Å². The van der Waals surface area contributed by atoms with Crippen molar-refractivity contribution in [3.63, 3.8) is 0 Å². The first-order chi connectivity index (χ1) is 8.69. The minimum atomic E-state index is -0.390. The van der Waals surface area contributed by atoms with E-state index < -0.39 is 0 Å². The molecule has 4 heteroatoms. The number of unbranched alkanes of at least 4 members (excludes halogenated alkanes) is 4. The molecule has 0 saturated carbocycles. The Bertz CT molecular complexity index is 358. The van der Waals surface area contributed by atoms with Gasteiger partial charge in [-0.15, -0.1) is 0 Å². The summed E-state index contributed by atoms with van der Waals surface area (Å²) in [7, 11) is 0. The second-order valence-corrected chi connectivity index (χ2v) is 5.00. The van der Waals surface area contributed by atoms with Crippen LogP contribution in [-0.4, -0.2) is 0 Å². The number of hydrogen-bond donors (Lipinski definition) is 2. The summed E-state index contributed by atoms with van der Waals surface area (Å²) < 4.78 is 13.1. The van der Waals surface area contributed by atoms with Crippen LogP contribution < -0.4 is 11.3 Å². The van der Waals surface area contributed by atoms with Gasteiger partial charge in [0.1, 0.15) is 5.82 Å². The van der Waals surface area contributed by atoms with E-state index in [0.29, 0.717) is 0 Å². The van der Waals surface area contributed by atoms with Gasteiger partial charge in [0.2, 0.25) is 0 Å². The fourth-order valence-electron chi connectivity index (χ4n) is 2.03. The zero-order valence-corrected chi connectivity index (χ0v) is 11.6. The van der Waals surface area contributed by atoms with Gasteiger partial charge in [0.05, 0.1) is 5.02 Å². The molecule has 0 heterocycles. The Labute approximate surface area is 114 Å². The van der Waals surface area contributed by atoms with Gasteiger partial charge in [-0.05, 0) is 24.1 Å². The van der Waals surface area contributed by atoms with Gasteiger partial charge in [0.25, 0.3) is 0 Å². The Morgan fingerprint density at radius 1 is 1.28 bits per heavy atom. The third-order valence-electron chi connectivity index (χ3n) is 3.14. The molecule has 0 aliphatic heterocycles. The summed E-state index contributed by atoms with van der Waals surface area (Å²) >= 11 is 5.77. The van der Waals surface area contributed by atoms with E-state index in [9.17, 15) is 4.39 Å². The van der Waals surface area contributed by atoms with Crippen LogP contribution in [0.15, 0.2) is 18.2 Å². The first-order valence-corrected chi connectivity index (χ1v) is 6.98. The highest BCUT2D eigenvalue weighted by Gasteiger charge is 2.11. The van der Waals surface area contributed by atoms with Crippen LogP contribution in [0.1, 0.15) is 57.1 Å². The van der Waals surface area contributed by atoms with E-state index in [2.05, 4.69) is 12.3 Å². The Kier molecular flexibility index (Phi) is 7.25. The van der Waals surface area contributed by atoms with Gasteiger partial charge < -0.3 is 0 Å². The van der Waals surface area contributed by atoms with Gasteiger partial charge in [-0.25, -0.2) is 4.39 Å². The molecule has 0 spiro atoms. The molecule has 0 bridgehead atoms. The summed E-state index contributed by atoms with van der Waals surface area (Å²) in [5.74, 6) is 5.16. The maximum atomic E-state index is 13.1. The van der Waals surface area contributed by atoms with Crippen LogP contribution in [0.5, 0.6) is 0 Å². The third kappa shape index (κ3) is 4.92. The molecule has 0 amide bonds. The molecule has 1 aromatic carbocycles. The Morgan fingerprint density at radius 2 is 2.00 bits per heavy atom. The van der Waals surface area contributed by atoms with Crippen LogP contribution in [0.25, 0.3) is 0 Å². The van der Waals surface area contributed by atoms with Gasteiger partial charge in [0, 0.05) is 6.04 Å². The standard InChI is InChI=1S/C14H22ClFN2/c1-2-3-4-5-6-7-14(18-17)11-8-9-13(16)12(15)10-11/h8-10,14,18H,2-7,17H2,1H3. The fourth-order valence-corrected chi connectivity index (χ4v) is 2.22. The van der Waals surface area contributed by atoms with E-state index in [1.165, 1.54) is 31.7 Å². The average Bonchev–Trinajstić information content (AvgIpc) is 2.37. The maximum Gasteiger partial charge on any atom is 0.141 e. The van der Waals surface area contributed by atoms with Gasteiger partial charge in [-0.3, -0.25) is 11.3 Å². The zero-order chi connectivity index (χ0) is 13.4. The molecule has 0 aliphatic rings. The minimum Gasteiger partial charge on any atom is -0.271 e. The highest BCUT2D eigenvalue weighted by atomic mass is 35.5. The summed E-state index contributed by atoms with van der Waals surface area (Å²) in [5.41, 5.74) is 3.72. The van der Waals surface area contributed by atoms with Crippen molar-refractivity contribution in [2.45, 2.75) is 51.5 Å². The molecule has 0 fully saturated rings. The lowest BCUT2D eigenvalue weighted by Gasteiger charge is -2.16. The number of benzene rings is 1. The normalized spacial score (nSPS) is 12.7. The molecule has 1 rings (SSSR count). The summed E-state index contributed by atoms with van der Waals surface area (Å²) in [5, 5.41) is 0.152. The van der Waals surface area contributed by atoms with E-state index in [-0.39, 0.29) is 16.9 Å². The molecule has 2 nitrogen and oxygen atoms in total. The predicted molar refractivity (Wildman–Crippen MR) is 74.9 cm³/mol. The first-order valence-electron chi connectivity index (χ1n) is 6.60. The topological polar surface area (TPSA) is 38.0 Å². The van der Waals surface area contributed by atoms with Crippen LogP contribution in [0, 0.1) is 5.82 Å². The van der Waals surface area contributed by atoms with Crippen molar-refractivity contribution in [3.8, 4) is 0 Å². The highest BCUT2D eigenvalue weighted by molar-refractivity contribution is 6.30. The predicted octanol–water partition coefficient (Wildman–Crippen LogP) is 4.34. The summed E-state index contributed by atoms with van der Waals surface area (Å²) in [6.07, 6.45) is 7.06. The lowest BCUT2D eigenvalue weighted by molar-refractivity contribution is 0.478. The lowest BCUT2D eigenvalue weighted by Crippen LogP contribution is -2.28. The lowest BCUT2D eigenvalue weighted by atomic mass is 10.0. The quantitative estimate of drug-likeness (QED) is 0.420. The molecular formula is C14H22ClFN2. The first kappa shape index (κ1) is 15.4. The molecule has 1 aromatic rings. The van der Waals surface area contributed by atoms with Crippen molar-refractivity contribution in [2.75, 3.05) is 0 Å². The number of rotatable bonds is 8. The number of hydrogen-bond acceptors (Lipinski definition) is 2. The SMILES string of the molecule is CCCCCCCC(NN)c1ccc(F)c(Cl)c1. The number of nitrogens with two attached hydrogens (primary N) is 1. The van der Waals surface area contributed by atoms with Gasteiger partial charge in [0.15, 0.2) is 0 Å². The second kappa shape index (κ2) is 8.46. The largest absolute Gasteiger partial charge is 0.271 e. The molecular weight excluding hydrogens is 251 g/mol. The molecule has 1 unspecified atom stereocenters. The van der Waals surface area contributed by atoms with Gasteiger partial charge in [-0.2, -0.15) is 0 Å². The molecule has 0 radical (unpaired) electrons. The number of hydrazine groups is 1. The van der Waals surface area contributed by atoms with Gasteiger partial charge in [-0.1, -0.05) is 56.7 Å². The van der Waals surface area contributed by atoms with E-state index >= 15 is 0 Å². The van der Waals surface area contributed by atoms with Crippen LogP contribution in [-0.2, 0) is 0 Å². The summed E-state index contributed by atoms with van der Waals surface area (Å²) in [6, 6.07) is 4.81. The van der Waals surface area contributed by atoms with Crippen molar-refractivity contribution >= 4 is 11.6 Å². The zero-order valence-electron chi connectivity index (χ0n) is 10.9. The summed E-state index contributed by atoms with van der Waals surface area (Å²) in [4.78, 5) is 0. The smallest absolute Gasteiger partial charge is 0.141 e. The van der Waals surface area contributed by atoms with Crippen molar-refractivity contribution < 1.29 is 4.39 Å². The van der Waals surface area contributed by atoms with Crippen LogP contribution in [0.4, 0.5) is 4.39 Å². The molecule has 3 N–H and O–H groups in total. The minimum absolute atomic E-state index is 0.0460. The van der Waals surface area contributed by atoms with Crippen LogP contribution in [0.3, 0.4) is 0 Å². The van der Waals surface area contributed by atoms with E-state index in [4.69, 9.17) is 17.4 Å². The highest BCUT2D eigenvalue weighted by Crippen LogP contribution is 2.24. The van der Waals surface area contributed by atoms with Crippen molar-refractivity contribution in [3.05, 3.63) is 34.6 Å². The van der Waals surface area contributed by atoms with Gasteiger partial charge >= 0.3 is 0 Å². The Hall–Kier alpha value is -0.640. The second-order valence-electron chi connectivity index (χ2n) is 4.60. The summed E-state index contributed by atoms with van der Waals surface area (Å²) in [6.45, 7) is 2.20. The Balaban J connectivity index is 2.47. The number of nitrogens with one attached hydrogen (secondary N) is 1. The van der Waals surface area contributed by atoms with E-state index in [1.807, 2.05) is 0 Å². The third-order valence-corrected chi connectivity index (χ3v) is 3.43. The van der Waals surface area contributed by atoms with Crippen LogP contribution in [0.2, 0.25) is 5.02 Å². The molecule has 0 aromatic heterocycles. The van der Waals surface area contributed by atoms with Crippen molar-refractivity contribution in [1.29, 1.82) is 0 Å². The molecule has 18 heavy (non-hydrogen) atoms.